The minimum absolute atomic E-state index is 0.00989. The first-order chi connectivity index (χ1) is 12.1. The number of carbonyl (C=O) groups is 1. The van der Waals surface area contributed by atoms with Crippen LogP contribution in [0.3, 0.4) is 0 Å². The van der Waals surface area contributed by atoms with E-state index in [1.54, 1.807) is 7.11 Å². The van der Waals surface area contributed by atoms with E-state index in [1.165, 1.54) is 5.39 Å². The Kier molecular flexibility index (Phi) is 5.31. The highest BCUT2D eigenvalue weighted by molar-refractivity contribution is 5.94. The van der Waals surface area contributed by atoms with Crippen LogP contribution in [0.25, 0.3) is 10.8 Å². The maximum Gasteiger partial charge on any atom is 0.279 e. The second kappa shape index (κ2) is 7.81. The van der Waals surface area contributed by atoms with Gasteiger partial charge in [-0.05, 0) is 35.0 Å². The van der Waals surface area contributed by atoms with Crippen LogP contribution in [-0.2, 0) is 11.3 Å². The molecule has 4 heteroatoms. The molecule has 128 valence electrons. The van der Waals surface area contributed by atoms with Gasteiger partial charge < -0.3 is 15.0 Å². The van der Waals surface area contributed by atoms with E-state index in [-0.39, 0.29) is 5.91 Å². The summed E-state index contributed by atoms with van der Waals surface area (Å²) in [5.41, 5.74) is 1.98. The molecule has 0 spiro atoms. The normalized spacial score (nSPS) is 11.9. The lowest BCUT2D eigenvalue weighted by Crippen LogP contribution is -3.08. The smallest absolute Gasteiger partial charge is 0.279 e. The lowest BCUT2D eigenvalue weighted by Gasteiger charge is -2.14. The van der Waals surface area contributed by atoms with Gasteiger partial charge in [0.2, 0.25) is 0 Å². The van der Waals surface area contributed by atoms with Crippen LogP contribution in [-0.4, -0.2) is 26.6 Å². The van der Waals surface area contributed by atoms with Crippen LogP contribution in [0.5, 0.6) is 5.75 Å². The van der Waals surface area contributed by atoms with Crippen molar-refractivity contribution in [3.05, 3.63) is 72.3 Å². The van der Waals surface area contributed by atoms with Gasteiger partial charge in [-0.15, -0.1) is 0 Å². The number of hydrogen-bond donors (Lipinski definition) is 2. The molecule has 0 aliphatic rings. The Morgan fingerprint density at radius 3 is 2.60 bits per heavy atom. The zero-order valence-electron chi connectivity index (χ0n) is 14.6. The van der Waals surface area contributed by atoms with Crippen LogP contribution in [0.2, 0.25) is 0 Å². The monoisotopic (exact) mass is 335 g/mol. The van der Waals surface area contributed by atoms with Gasteiger partial charge in [0.05, 0.1) is 14.2 Å². The number of carbonyl (C=O) groups excluding carboxylic acids is 1. The molecular weight excluding hydrogens is 312 g/mol. The van der Waals surface area contributed by atoms with Gasteiger partial charge in [0.1, 0.15) is 12.3 Å². The van der Waals surface area contributed by atoms with Crippen molar-refractivity contribution in [2.45, 2.75) is 6.54 Å². The van der Waals surface area contributed by atoms with Crippen LogP contribution in [0.15, 0.2) is 66.7 Å². The molecule has 0 aliphatic carbocycles. The molecule has 3 aromatic carbocycles. The topological polar surface area (TPSA) is 42.8 Å². The van der Waals surface area contributed by atoms with E-state index >= 15 is 0 Å². The summed E-state index contributed by atoms with van der Waals surface area (Å²) in [6, 6.07) is 22.0. The molecule has 0 radical (unpaired) electrons. The number of ether oxygens (including phenoxy) is 1. The van der Waals surface area contributed by atoms with Gasteiger partial charge in [0.25, 0.3) is 5.91 Å². The summed E-state index contributed by atoms with van der Waals surface area (Å²) in [4.78, 5) is 13.4. The summed E-state index contributed by atoms with van der Waals surface area (Å²) < 4.78 is 5.24. The second-order valence-corrected chi connectivity index (χ2v) is 6.27. The van der Waals surface area contributed by atoms with Gasteiger partial charge in [-0.3, -0.25) is 4.79 Å². The Morgan fingerprint density at radius 2 is 1.80 bits per heavy atom. The number of benzene rings is 3. The number of fused-ring (bicyclic) bond motifs is 1. The largest absolute Gasteiger partial charge is 0.497 e. The average molecular weight is 335 g/mol. The van der Waals surface area contributed by atoms with Crippen molar-refractivity contribution in [3.63, 3.8) is 0 Å². The average Bonchev–Trinajstić information content (AvgIpc) is 2.61. The molecule has 3 rings (SSSR count). The first kappa shape index (κ1) is 17.0. The van der Waals surface area contributed by atoms with Gasteiger partial charge in [-0.2, -0.15) is 0 Å². The van der Waals surface area contributed by atoms with Crippen molar-refractivity contribution in [2.75, 3.05) is 26.0 Å². The number of quaternary nitrogens is 1. The molecule has 1 atom stereocenters. The van der Waals surface area contributed by atoms with E-state index in [0.29, 0.717) is 6.54 Å². The summed E-state index contributed by atoms with van der Waals surface area (Å²) >= 11 is 0. The van der Waals surface area contributed by atoms with Crippen molar-refractivity contribution in [2.24, 2.45) is 0 Å². The highest BCUT2D eigenvalue weighted by Crippen LogP contribution is 2.18. The predicted octanol–water partition coefficient (Wildman–Crippen LogP) is 2.50. The SMILES string of the molecule is COc1cccc(C[NH+](C)CC(=O)Nc2ccc3ccccc3c2)c1. The zero-order valence-corrected chi connectivity index (χ0v) is 14.6. The summed E-state index contributed by atoms with van der Waals surface area (Å²) in [6.07, 6.45) is 0. The molecule has 0 heterocycles. The Hall–Kier alpha value is -2.85. The Morgan fingerprint density at radius 1 is 1.00 bits per heavy atom. The van der Waals surface area contributed by atoms with Crippen LogP contribution < -0.4 is 15.0 Å². The van der Waals surface area contributed by atoms with E-state index < -0.39 is 0 Å². The molecular formula is C21H23N2O2+. The minimum Gasteiger partial charge on any atom is -0.497 e. The van der Waals surface area contributed by atoms with E-state index in [2.05, 4.69) is 11.4 Å². The standard InChI is InChI=1S/C21H22N2O2/c1-23(14-16-6-5-9-20(12-16)25-2)15-21(24)22-19-11-10-17-7-3-4-8-18(17)13-19/h3-13H,14-15H2,1-2H3,(H,22,24)/p+1. The molecule has 0 bridgehead atoms. The van der Waals surface area contributed by atoms with Crippen LogP contribution in [0.1, 0.15) is 5.56 Å². The van der Waals surface area contributed by atoms with Crippen molar-refractivity contribution in [3.8, 4) is 5.75 Å². The van der Waals surface area contributed by atoms with Crippen molar-refractivity contribution in [1.29, 1.82) is 0 Å². The number of hydrogen-bond acceptors (Lipinski definition) is 2. The molecule has 1 amide bonds. The van der Waals surface area contributed by atoms with Crippen LogP contribution in [0.4, 0.5) is 5.69 Å². The Bertz CT molecular complexity index is 876. The third-order valence-corrected chi connectivity index (χ3v) is 4.14. The highest BCUT2D eigenvalue weighted by atomic mass is 16.5. The predicted molar refractivity (Wildman–Crippen MR) is 101 cm³/mol. The first-order valence-electron chi connectivity index (χ1n) is 8.37. The van der Waals surface area contributed by atoms with E-state index in [0.717, 1.165) is 33.8 Å². The van der Waals surface area contributed by atoms with Gasteiger partial charge in [-0.25, -0.2) is 0 Å². The van der Waals surface area contributed by atoms with Gasteiger partial charge in [0, 0.05) is 11.3 Å². The van der Waals surface area contributed by atoms with E-state index in [9.17, 15) is 4.79 Å². The summed E-state index contributed by atoms with van der Waals surface area (Å²) in [5.74, 6) is 0.849. The van der Waals surface area contributed by atoms with Crippen molar-refractivity contribution in [1.82, 2.24) is 0 Å². The quantitative estimate of drug-likeness (QED) is 0.727. The van der Waals surface area contributed by atoms with E-state index in [4.69, 9.17) is 4.74 Å². The second-order valence-electron chi connectivity index (χ2n) is 6.27. The molecule has 0 aliphatic heterocycles. The fourth-order valence-corrected chi connectivity index (χ4v) is 2.94. The third-order valence-electron chi connectivity index (χ3n) is 4.14. The number of amides is 1. The molecule has 0 saturated carbocycles. The summed E-state index contributed by atoms with van der Waals surface area (Å²) in [6.45, 7) is 1.17. The van der Waals surface area contributed by atoms with Gasteiger partial charge in [0.15, 0.2) is 6.54 Å². The fraction of sp³-hybridized carbons (Fsp3) is 0.190. The molecule has 25 heavy (non-hydrogen) atoms. The minimum atomic E-state index is 0.00989. The summed E-state index contributed by atoms with van der Waals surface area (Å²) in [7, 11) is 3.67. The maximum absolute atomic E-state index is 12.3. The van der Waals surface area contributed by atoms with E-state index in [1.807, 2.05) is 67.7 Å². The number of anilines is 1. The molecule has 1 unspecified atom stereocenters. The number of methoxy groups -OCH3 is 1. The van der Waals surface area contributed by atoms with Crippen LogP contribution >= 0.6 is 0 Å². The Labute approximate surface area is 148 Å². The molecule has 2 N–H and O–H groups in total. The summed E-state index contributed by atoms with van der Waals surface area (Å²) in [5, 5.41) is 5.28. The van der Waals surface area contributed by atoms with Crippen molar-refractivity contribution < 1.29 is 14.4 Å². The molecule has 0 aromatic heterocycles. The fourth-order valence-electron chi connectivity index (χ4n) is 2.94. The zero-order chi connectivity index (χ0) is 17.6. The van der Waals surface area contributed by atoms with Crippen LogP contribution in [0, 0.1) is 0 Å². The third kappa shape index (κ3) is 4.58. The molecule has 4 nitrogen and oxygen atoms in total. The number of nitrogens with one attached hydrogen (secondary N) is 2. The molecule has 3 aromatic rings. The number of rotatable bonds is 6. The maximum atomic E-state index is 12.3. The highest BCUT2D eigenvalue weighted by Gasteiger charge is 2.11. The molecule has 0 saturated heterocycles. The van der Waals surface area contributed by atoms with Crippen molar-refractivity contribution >= 4 is 22.4 Å². The lowest BCUT2D eigenvalue weighted by molar-refractivity contribution is -0.885. The van der Waals surface area contributed by atoms with Gasteiger partial charge >= 0.3 is 0 Å². The number of likely N-dealkylation sites (N-methyl/N-ethyl adjacent to an activating group) is 1. The van der Waals surface area contributed by atoms with Gasteiger partial charge in [-0.1, -0.05) is 42.5 Å². The lowest BCUT2D eigenvalue weighted by atomic mass is 10.1. The molecule has 0 fully saturated rings. The first-order valence-corrected chi connectivity index (χ1v) is 8.37. The Balaban J connectivity index is 1.58.